The molecule has 6 aliphatic rings. The van der Waals surface area contributed by atoms with E-state index in [2.05, 4.69) is 143 Å². The molecule has 6 aliphatic carbocycles. The van der Waals surface area contributed by atoms with Gasteiger partial charge in [0.05, 0.1) is 0 Å². The maximum Gasteiger partial charge on any atom is 0.00783 e. The first-order chi connectivity index (χ1) is 32.0. The van der Waals surface area contributed by atoms with Gasteiger partial charge in [-0.1, -0.05) is 110 Å². The molecular weight excluding hydrogens is 957 g/mol. The first-order valence-corrected chi connectivity index (χ1v) is 35.3. The van der Waals surface area contributed by atoms with E-state index < -0.39 is 0 Å². The Bertz CT molecular complexity index is 1330. The molecule has 7 heteroatoms. The standard InChI is InChI=1S/C30H56S4.C30H56S3.CH4/c1-19-7-10-25(13-28(19)31)22(4)16-33-17-23(5)27-12-9-21(3)30(15-27)34-18-24(6)26-11-8-20(2)29(32)14-26;1-7-20(2)25-9-8-10-28(15-25)32-19-24(6)27-14-12-22(4)30(17-27)33-29-16-26(23(5)18-31)13-11-21(29)3;/h19-32H,7-18H2,1-6H3;20-31H,7-19H2,1-6H3;1H4. The van der Waals surface area contributed by atoms with E-state index in [0.717, 1.165) is 127 Å². The minimum atomic E-state index is 0. The molecular formula is C61H116S7. The van der Waals surface area contributed by atoms with Gasteiger partial charge >= 0.3 is 0 Å². The second kappa shape index (κ2) is 32.2. The first kappa shape index (κ1) is 63.0. The molecule has 23 unspecified atom stereocenters. The van der Waals surface area contributed by atoms with Crippen molar-refractivity contribution in [3.63, 3.8) is 0 Å². The third-order valence-electron chi connectivity index (χ3n) is 20.6. The zero-order valence-corrected chi connectivity index (χ0v) is 51.9. The second-order valence-electron chi connectivity index (χ2n) is 25.8. The molecule has 0 bridgehead atoms. The summed E-state index contributed by atoms with van der Waals surface area (Å²) in [6.07, 6.45) is 28.8. The normalized spacial score (nSPS) is 40.9. The molecule has 68 heavy (non-hydrogen) atoms. The zero-order chi connectivity index (χ0) is 48.8. The third kappa shape index (κ3) is 19.8. The second-order valence-corrected chi connectivity index (χ2v) is 32.7. The highest BCUT2D eigenvalue weighted by Gasteiger charge is 2.38. The summed E-state index contributed by atoms with van der Waals surface area (Å²) in [6.45, 7) is 29.9. The molecule has 0 amide bonds. The Morgan fingerprint density at radius 1 is 0.412 bits per heavy atom. The van der Waals surface area contributed by atoms with Crippen LogP contribution >= 0.6 is 84.9 Å². The fourth-order valence-corrected chi connectivity index (χ4v) is 21.7. The summed E-state index contributed by atoms with van der Waals surface area (Å²) < 4.78 is 0. The van der Waals surface area contributed by atoms with E-state index in [1.165, 1.54) is 151 Å². The van der Waals surface area contributed by atoms with Crippen molar-refractivity contribution in [2.45, 2.75) is 250 Å². The van der Waals surface area contributed by atoms with E-state index in [1.54, 1.807) is 0 Å². The van der Waals surface area contributed by atoms with Crippen LogP contribution < -0.4 is 0 Å². The van der Waals surface area contributed by atoms with Crippen LogP contribution in [0.2, 0.25) is 0 Å². The number of thioether (sulfide) groups is 4. The zero-order valence-electron chi connectivity index (χ0n) is 45.9. The summed E-state index contributed by atoms with van der Waals surface area (Å²) in [6, 6.07) is 0. The molecule has 23 atom stereocenters. The molecule has 0 aliphatic heterocycles. The summed E-state index contributed by atoms with van der Waals surface area (Å²) >= 11 is 23.8. The van der Waals surface area contributed by atoms with Crippen LogP contribution in [-0.2, 0) is 0 Å². The minimum absolute atomic E-state index is 0. The van der Waals surface area contributed by atoms with E-state index >= 15 is 0 Å². The van der Waals surface area contributed by atoms with Gasteiger partial charge in [0.1, 0.15) is 0 Å². The largest absolute Gasteiger partial charge is 0.179 e. The number of hydrogen-bond acceptors (Lipinski definition) is 7. The average molecular weight is 1070 g/mol. The van der Waals surface area contributed by atoms with Crippen LogP contribution in [0.3, 0.4) is 0 Å². The summed E-state index contributed by atoms with van der Waals surface area (Å²) in [5.74, 6) is 21.8. The van der Waals surface area contributed by atoms with Gasteiger partial charge in [-0.05, 0) is 239 Å². The Kier molecular flexibility index (Phi) is 29.9. The van der Waals surface area contributed by atoms with Crippen molar-refractivity contribution in [2.24, 2.45) is 101 Å². The number of thiol groups is 3. The molecule has 402 valence electrons. The fourth-order valence-electron chi connectivity index (χ4n) is 13.9. The Morgan fingerprint density at radius 2 is 0.794 bits per heavy atom. The topological polar surface area (TPSA) is 0 Å². The van der Waals surface area contributed by atoms with Gasteiger partial charge in [-0.3, -0.25) is 0 Å². The maximum atomic E-state index is 4.89. The smallest absolute Gasteiger partial charge is 0.00783 e. The van der Waals surface area contributed by atoms with Gasteiger partial charge in [0.15, 0.2) is 0 Å². The van der Waals surface area contributed by atoms with Crippen molar-refractivity contribution in [3.05, 3.63) is 0 Å². The summed E-state index contributed by atoms with van der Waals surface area (Å²) in [5, 5.41) is 4.89. The lowest BCUT2D eigenvalue weighted by Crippen LogP contribution is -2.35. The predicted octanol–water partition coefficient (Wildman–Crippen LogP) is 20.1. The quantitative estimate of drug-likeness (QED) is 0.104. The van der Waals surface area contributed by atoms with E-state index in [9.17, 15) is 0 Å². The third-order valence-corrected chi connectivity index (χ3v) is 29.6. The van der Waals surface area contributed by atoms with Gasteiger partial charge in [0.25, 0.3) is 0 Å². The van der Waals surface area contributed by atoms with E-state index in [4.69, 9.17) is 25.3 Å². The monoisotopic (exact) mass is 1070 g/mol. The Labute approximate surface area is 461 Å². The van der Waals surface area contributed by atoms with Crippen molar-refractivity contribution in [1.82, 2.24) is 0 Å². The molecule has 0 aromatic rings. The highest BCUT2D eigenvalue weighted by atomic mass is 32.2. The maximum absolute atomic E-state index is 4.89. The van der Waals surface area contributed by atoms with Crippen LogP contribution in [0.15, 0.2) is 0 Å². The molecule has 6 saturated carbocycles. The van der Waals surface area contributed by atoms with Crippen molar-refractivity contribution >= 4 is 84.9 Å². The molecule has 6 rings (SSSR count). The van der Waals surface area contributed by atoms with Gasteiger partial charge < -0.3 is 0 Å². The fraction of sp³-hybridized carbons (Fsp3) is 1.00. The first-order valence-electron chi connectivity index (χ1n) is 29.4. The Hall–Kier alpha value is 2.45. The SMILES string of the molecule is C.CC1CCC(C(C)CSCC(C)C2CCC(C)C(SCC(C)C3CCC(C)C(S)C3)C2)CC1S.CCC(C)C1CCCC(SCC(C)C2CCC(C)C(SC3CC(C(C)CS)CCC3C)C2)C1. The molecule has 0 aromatic carbocycles. The molecule has 0 heterocycles. The van der Waals surface area contributed by atoms with Gasteiger partial charge in [0, 0.05) is 31.5 Å². The average Bonchev–Trinajstić information content (AvgIpc) is 3.33. The van der Waals surface area contributed by atoms with E-state index in [0.29, 0.717) is 10.5 Å². The number of rotatable bonds is 20. The molecule has 6 fully saturated rings. The molecule has 0 nitrogen and oxygen atoms in total. The van der Waals surface area contributed by atoms with Crippen LogP contribution in [0, 0.1) is 101 Å². The van der Waals surface area contributed by atoms with Crippen LogP contribution in [0.5, 0.6) is 0 Å². The summed E-state index contributed by atoms with van der Waals surface area (Å²) in [5.41, 5.74) is 0. The lowest BCUT2D eigenvalue weighted by molar-refractivity contribution is 0.232. The summed E-state index contributed by atoms with van der Waals surface area (Å²) in [7, 11) is 0. The predicted molar refractivity (Wildman–Crippen MR) is 331 cm³/mol. The minimum Gasteiger partial charge on any atom is -0.179 e. The van der Waals surface area contributed by atoms with E-state index in [1.807, 2.05) is 0 Å². The molecule has 0 radical (unpaired) electrons. The van der Waals surface area contributed by atoms with Crippen LogP contribution in [-0.4, -0.2) is 60.3 Å². The molecule has 0 spiro atoms. The van der Waals surface area contributed by atoms with Gasteiger partial charge in [-0.25, -0.2) is 0 Å². The van der Waals surface area contributed by atoms with Crippen LogP contribution in [0.4, 0.5) is 0 Å². The number of hydrogen-bond donors (Lipinski definition) is 3. The Morgan fingerprint density at radius 3 is 1.25 bits per heavy atom. The lowest BCUT2D eigenvalue weighted by Gasteiger charge is -2.42. The van der Waals surface area contributed by atoms with Crippen molar-refractivity contribution in [3.8, 4) is 0 Å². The summed E-state index contributed by atoms with van der Waals surface area (Å²) in [4.78, 5) is 0. The molecule has 0 saturated heterocycles. The van der Waals surface area contributed by atoms with Crippen LogP contribution in [0.1, 0.15) is 219 Å². The van der Waals surface area contributed by atoms with Gasteiger partial charge in [-0.2, -0.15) is 84.9 Å². The van der Waals surface area contributed by atoms with Crippen molar-refractivity contribution in [2.75, 3.05) is 28.8 Å². The molecule has 0 N–H and O–H groups in total. The highest BCUT2D eigenvalue weighted by Crippen LogP contribution is 2.49. The Balaban J connectivity index is 0.000000292. The van der Waals surface area contributed by atoms with Crippen molar-refractivity contribution < 1.29 is 0 Å². The van der Waals surface area contributed by atoms with Crippen molar-refractivity contribution in [1.29, 1.82) is 0 Å². The lowest BCUT2D eigenvalue weighted by atomic mass is 9.77. The van der Waals surface area contributed by atoms with E-state index in [-0.39, 0.29) is 7.43 Å². The molecule has 0 aromatic heterocycles. The van der Waals surface area contributed by atoms with Gasteiger partial charge in [0.2, 0.25) is 0 Å². The van der Waals surface area contributed by atoms with Crippen LogP contribution in [0.25, 0.3) is 0 Å². The van der Waals surface area contributed by atoms with Gasteiger partial charge in [-0.15, -0.1) is 0 Å². The highest BCUT2D eigenvalue weighted by molar-refractivity contribution is 8.00.